The number of hydrogen-bond acceptors (Lipinski definition) is 4. The lowest BCUT2D eigenvalue weighted by atomic mass is 9.62. The minimum atomic E-state index is -0.859. The lowest BCUT2D eigenvalue weighted by Crippen LogP contribution is -2.51. The van der Waals surface area contributed by atoms with Crippen LogP contribution in [0.4, 0.5) is 0 Å². The van der Waals surface area contributed by atoms with Crippen LogP contribution in [0.3, 0.4) is 0 Å². The maximum atomic E-state index is 12.4. The molecule has 18 heavy (non-hydrogen) atoms. The molecule has 5 nitrogen and oxygen atoms in total. The van der Waals surface area contributed by atoms with E-state index in [0.29, 0.717) is 38.5 Å². The van der Waals surface area contributed by atoms with Gasteiger partial charge in [-0.15, -0.1) is 0 Å². The van der Waals surface area contributed by atoms with Gasteiger partial charge in [0.1, 0.15) is 5.41 Å². The number of amides is 1. The van der Waals surface area contributed by atoms with E-state index in [2.05, 4.69) is 6.07 Å². The first kappa shape index (κ1) is 14.5. The molecular weight excluding hydrogens is 230 g/mol. The summed E-state index contributed by atoms with van der Waals surface area (Å²) in [6, 6.07) is 4.19. The monoisotopic (exact) mass is 249 g/mol. The molecule has 0 atom stereocenters. The Morgan fingerprint density at radius 1 is 1.44 bits per heavy atom. The zero-order valence-electron chi connectivity index (χ0n) is 11.0. The normalized spacial score (nSPS) is 25.7. The van der Waals surface area contributed by atoms with Gasteiger partial charge < -0.3 is 9.64 Å². The van der Waals surface area contributed by atoms with E-state index < -0.39 is 5.41 Å². The second-order valence-corrected chi connectivity index (χ2v) is 4.90. The number of carbonyl (C=O) groups excluding carboxylic acids is 1. The Labute approximate surface area is 108 Å². The van der Waals surface area contributed by atoms with E-state index in [-0.39, 0.29) is 12.3 Å². The van der Waals surface area contributed by atoms with Gasteiger partial charge in [-0.2, -0.15) is 10.5 Å². The first-order chi connectivity index (χ1) is 8.59. The van der Waals surface area contributed by atoms with E-state index in [9.17, 15) is 10.1 Å². The Balaban J connectivity index is 2.69. The molecule has 0 N–H and O–H groups in total. The molecule has 0 aromatic rings. The molecule has 0 unspecified atom stereocenters. The van der Waals surface area contributed by atoms with E-state index >= 15 is 0 Å². The minimum absolute atomic E-state index is 0.143. The molecule has 1 aliphatic rings. The molecule has 5 heteroatoms. The third-order valence-corrected chi connectivity index (χ3v) is 3.36. The summed E-state index contributed by atoms with van der Waals surface area (Å²) in [7, 11) is 1.57. The van der Waals surface area contributed by atoms with Crippen molar-refractivity contribution in [1.82, 2.24) is 4.90 Å². The van der Waals surface area contributed by atoms with Crippen molar-refractivity contribution in [1.29, 1.82) is 10.5 Å². The van der Waals surface area contributed by atoms with Crippen molar-refractivity contribution in [2.24, 2.45) is 11.3 Å². The first-order valence-electron chi connectivity index (χ1n) is 6.16. The summed E-state index contributed by atoms with van der Waals surface area (Å²) >= 11 is 0. The summed E-state index contributed by atoms with van der Waals surface area (Å²) < 4.78 is 4.96. The molecule has 0 aromatic heterocycles. The van der Waals surface area contributed by atoms with E-state index in [1.165, 1.54) is 0 Å². The first-order valence-corrected chi connectivity index (χ1v) is 6.16. The third kappa shape index (κ3) is 3.00. The van der Waals surface area contributed by atoms with E-state index in [0.717, 1.165) is 0 Å². The van der Waals surface area contributed by atoms with Gasteiger partial charge in [0.2, 0.25) is 5.91 Å². The van der Waals surface area contributed by atoms with E-state index in [1.54, 1.807) is 12.0 Å². The zero-order chi connectivity index (χ0) is 13.6. The average molecular weight is 249 g/mol. The van der Waals surface area contributed by atoms with Gasteiger partial charge in [-0.1, -0.05) is 6.92 Å². The van der Waals surface area contributed by atoms with Crippen molar-refractivity contribution in [2.75, 3.05) is 26.8 Å². The summed E-state index contributed by atoms with van der Waals surface area (Å²) in [6.45, 7) is 3.28. The van der Waals surface area contributed by atoms with Gasteiger partial charge in [-0.3, -0.25) is 4.79 Å². The molecule has 0 bridgehead atoms. The molecule has 98 valence electrons. The smallest absolute Gasteiger partial charge is 0.243 e. The molecule has 1 rings (SSSR count). The van der Waals surface area contributed by atoms with Crippen LogP contribution in [0.1, 0.15) is 26.2 Å². The highest BCUT2D eigenvalue weighted by Gasteiger charge is 2.50. The van der Waals surface area contributed by atoms with Crippen molar-refractivity contribution in [3.05, 3.63) is 0 Å². The Morgan fingerprint density at radius 3 is 2.56 bits per heavy atom. The zero-order valence-corrected chi connectivity index (χ0v) is 11.0. The van der Waals surface area contributed by atoms with Crippen LogP contribution >= 0.6 is 0 Å². The number of hydrogen-bond donors (Lipinski definition) is 0. The predicted molar refractivity (Wildman–Crippen MR) is 65.1 cm³/mol. The summed E-state index contributed by atoms with van der Waals surface area (Å²) in [5.74, 6) is 0.282. The molecule has 0 saturated heterocycles. The number of nitriles is 2. The summed E-state index contributed by atoms with van der Waals surface area (Å²) in [5, 5.41) is 17.8. The van der Waals surface area contributed by atoms with Crippen LogP contribution in [-0.4, -0.2) is 37.6 Å². The van der Waals surface area contributed by atoms with Crippen molar-refractivity contribution in [3.8, 4) is 12.1 Å². The minimum Gasteiger partial charge on any atom is -0.383 e. The molecule has 1 amide bonds. The number of rotatable bonds is 6. The van der Waals surface area contributed by atoms with Gasteiger partial charge in [0, 0.05) is 20.2 Å². The fourth-order valence-corrected chi connectivity index (χ4v) is 2.45. The van der Waals surface area contributed by atoms with Crippen LogP contribution in [0.2, 0.25) is 0 Å². The molecule has 0 heterocycles. The van der Waals surface area contributed by atoms with Crippen molar-refractivity contribution >= 4 is 5.91 Å². The van der Waals surface area contributed by atoms with Crippen LogP contribution in [0, 0.1) is 34.0 Å². The summed E-state index contributed by atoms with van der Waals surface area (Å²) in [4.78, 5) is 14.0. The topological polar surface area (TPSA) is 77.1 Å². The Bertz CT molecular complexity index is 375. The summed E-state index contributed by atoms with van der Waals surface area (Å²) in [6.07, 6.45) is 1.53. The van der Waals surface area contributed by atoms with Gasteiger partial charge >= 0.3 is 0 Å². The standard InChI is InChI=1S/C13H19N3O2/c1-11-8-13(9-11,10-15)12(17)16(5-3-4-14)6-7-18-2/h11H,3,5-9H2,1-2H3. The lowest BCUT2D eigenvalue weighted by Gasteiger charge is -2.42. The highest BCUT2D eigenvalue weighted by atomic mass is 16.5. The number of carbonyl (C=O) groups is 1. The van der Waals surface area contributed by atoms with Crippen LogP contribution < -0.4 is 0 Å². The second-order valence-electron chi connectivity index (χ2n) is 4.90. The predicted octanol–water partition coefficient (Wildman–Crippen LogP) is 1.31. The molecule has 1 aliphatic carbocycles. The Kier molecular flexibility index (Phi) is 5.12. The van der Waals surface area contributed by atoms with Crippen LogP contribution in [0.25, 0.3) is 0 Å². The van der Waals surface area contributed by atoms with Gasteiger partial charge in [0.25, 0.3) is 0 Å². The molecule has 0 aromatic carbocycles. The Hall–Kier alpha value is -1.59. The molecular formula is C13H19N3O2. The maximum absolute atomic E-state index is 12.4. The van der Waals surface area contributed by atoms with Gasteiger partial charge in [0.15, 0.2) is 0 Å². The highest BCUT2D eigenvalue weighted by Crippen LogP contribution is 2.46. The van der Waals surface area contributed by atoms with Crippen molar-refractivity contribution in [3.63, 3.8) is 0 Å². The van der Waals surface area contributed by atoms with Crippen molar-refractivity contribution < 1.29 is 9.53 Å². The van der Waals surface area contributed by atoms with E-state index in [4.69, 9.17) is 10.00 Å². The lowest BCUT2D eigenvalue weighted by molar-refractivity contribution is -0.145. The largest absolute Gasteiger partial charge is 0.383 e. The quantitative estimate of drug-likeness (QED) is 0.711. The average Bonchev–Trinajstić information content (AvgIpc) is 2.34. The molecule has 0 aliphatic heterocycles. The molecule has 1 fully saturated rings. The summed E-state index contributed by atoms with van der Waals surface area (Å²) in [5.41, 5.74) is -0.859. The van der Waals surface area contributed by atoms with Gasteiger partial charge in [-0.05, 0) is 18.8 Å². The van der Waals surface area contributed by atoms with Crippen LogP contribution in [-0.2, 0) is 9.53 Å². The van der Waals surface area contributed by atoms with Crippen LogP contribution in [0.5, 0.6) is 0 Å². The molecule has 0 spiro atoms. The van der Waals surface area contributed by atoms with E-state index in [1.807, 2.05) is 13.0 Å². The van der Waals surface area contributed by atoms with Crippen molar-refractivity contribution in [2.45, 2.75) is 26.2 Å². The second kappa shape index (κ2) is 6.37. The SMILES string of the molecule is COCCN(CCC#N)C(=O)C1(C#N)CC(C)C1. The number of ether oxygens (including phenoxy) is 1. The number of nitrogens with zero attached hydrogens (tertiary/aromatic N) is 3. The fourth-order valence-electron chi connectivity index (χ4n) is 2.45. The maximum Gasteiger partial charge on any atom is 0.243 e. The fraction of sp³-hybridized carbons (Fsp3) is 0.769. The third-order valence-electron chi connectivity index (χ3n) is 3.36. The molecule has 0 radical (unpaired) electrons. The molecule has 1 saturated carbocycles. The van der Waals surface area contributed by atoms with Gasteiger partial charge in [-0.25, -0.2) is 0 Å². The van der Waals surface area contributed by atoms with Gasteiger partial charge in [0.05, 0.1) is 25.2 Å². The highest BCUT2D eigenvalue weighted by molar-refractivity contribution is 5.86. The van der Waals surface area contributed by atoms with Crippen LogP contribution in [0.15, 0.2) is 0 Å². The Morgan fingerprint density at radius 2 is 2.11 bits per heavy atom. The number of methoxy groups -OCH3 is 1.